The van der Waals surface area contributed by atoms with Gasteiger partial charge in [0.25, 0.3) is 0 Å². The number of hydrogen-bond donors (Lipinski definition) is 1. The maximum absolute atomic E-state index is 3.49. The quantitative estimate of drug-likeness (QED) is 0.753. The molecule has 1 fully saturated rings. The largest absolute Gasteiger partial charge is 0.317 e. The fourth-order valence-electron chi connectivity index (χ4n) is 2.67. The topological polar surface area (TPSA) is 15.3 Å². The van der Waals surface area contributed by atoms with Gasteiger partial charge in [-0.15, -0.1) is 0 Å². The van der Waals surface area contributed by atoms with Gasteiger partial charge in [0.15, 0.2) is 0 Å². The second kappa shape index (κ2) is 6.49. The van der Waals surface area contributed by atoms with Gasteiger partial charge in [-0.25, -0.2) is 0 Å². The molecule has 0 aliphatic heterocycles. The van der Waals surface area contributed by atoms with Crippen LogP contribution in [0.5, 0.6) is 0 Å². The van der Waals surface area contributed by atoms with Crippen LogP contribution < -0.4 is 5.32 Å². The van der Waals surface area contributed by atoms with Crippen molar-refractivity contribution in [1.82, 2.24) is 10.2 Å². The predicted molar refractivity (Wildman–Crippen MR) is 67.2 cm³/mol. The Kier molecular flexibility index (Phi) is 5.62. The Morgan fingerprint density at radius 1 is 1.33 bits per heavy atom. The zero-order valence-corrected chi connectivity index (χ0v) is 10.9. The van der Waals surface area contributed by atoms with Crippen LogP contribution in [0.1, 0.15) is 46.0 Å². The van der Waals surface area contributed by atoms with Crippen LogP contribution >= 0.6 is 0 Å². The first kappa shape index (κ1) is 13.0. The van der Waals surface area contributed by atoms with E-state index in [4.69, 9.17) is 0 Å². The minimum Gasteiger partial charge on any atom is -0.317 e. The van der Waals surface area contributed by atoms with E-state index in [2.05, 4.69) is 38.2 Å². The van der Waals surface area contributed by atoms with Gasteiger partial charge in [-0.3, -0.25) is 0 Å². The van der Waals surface area contributed by atoms with Gasteiger partial charge in [-0.1, -0.05) is 19.8 Å². The maximum Gasteiger partial charge on any atom is 0.0104 e. The van der Waals surface area contributed by atoms with Gasteiger partial charge in [0.1, 0.15) is 0 Å². The lowest BCUT2D eigenvalue weighted by Gasteiger charge is -2.36. The highest BCUT2D eigenvalue weighted by Crippen LogP contribution is 2.25. The van der Waals surface area contributed by atoms with E-state index in [0.717, 1.165) is 18.0 Å². The number of nitrogens with zero attached hydrogens (tertiary/aromatic N) is 1. The highest BCUT2D eigenvalue weighted by molar-refractivity contribution is 4.82. The van der Waals surface area contributed by atoms with Crippen LogP contribution in [0, 0.1) is 5.92 Å². The molecule has 15 heavy (non-hydrogen) atoms. The smallest absolute Gasteiger partial charge is 0.0104 e. The molecular weight excluding hydrogens is 184 g/mol. The van der Waals surface area contributed by atoms with E-state index in [9.17, 15) is 0 Å². The zero-order chi connectivity index (χ0) is 11.3. The normalized spacial score (nSPS) is 29.4. The minimum absolute atomic E-state index is 0.726. The fraction of sp³-hybridized carbons (Fsp3) is 1.00. The third-order valence-electron chi connectivity index (χ3n) is 4.15. The van der Waals surface area contributed by atoms with Crippen molar-refractivity contribution in [3.8, 4) is 0 Å². The molecule has 1 rings (SSSR count). The highest BCUT2D eigenvalue weighted by Gasteiger charge is 2.25. The lowest BCUT2D eigenvalue weighted by Crippen LogP contribution is -2.43. The standard InChI is InChI=1S/C13H28N2/c1-5-11(2)15(4)10-12-8-6-7-9-13(12)14-3/h11-14H,5-10H2,1-4H3. The summed E-state index contributed by atoms with van der Waals surface area (Å²) in [5.41, 5.74) is 0. The molecule has 0 aromatic rings. The molecule has 1 aliphatic rings. The molecule has 0 aromatic heterocycles. The van der Waals surface area contributed by atoms with Crippen molar-refractivity contribution in [3.05, 3.63) is 0 Å². The molecule has 3 unspecified atom stereocenters. The Morgan fingerprint density at radius 3 is 2.60 bits per heavy atom. The summed E-state index contributed by atoms with van der Waals surface area (Å²) in [6.45, 7) is 5.87. The van der Waals surface area contributed by atoms with Gasteiger partial charge < -0.3 is 10.2 Å². The average Bonchev–Trinajstić information content (AvgIpc) is 2.28. The summed E-state index contributed by atoms with van der Waals surface area (Å²) in [4.78, 5) is 2.53. The van der Waals surface area contributed by atoms with Crippen molar-refractivity contribution in [2.45, 2.75) is 58.0 Å². The van der Waals surface area contributed by atoms with Gasteiger partial charge in [-0.2, -0.15) is 0 Å². The van der Waals surface area contributed by atoms with Crippen molar-refractivity contribution in [1.29, 1.82) is 0 Å². The summed E-state index contributed by atoms with van der Waals surface area (Å²) in [6.07, 6.45) is 6.88. The minimum atomic E-state index is 0.726. The Labute approximate surface area is 95.4 Å². The molecule has 1 aliphatic carbocycles. The molecule has 0 heterocycles. The molecule has 90 valence electrons. The second-order valence-corrected chi connectivity index (χ2v) is 5.14. The van der Waals surface area contributed by atoms with Gasteiger partial charge in [0.05, 0.1) is 0 Å². The van der Waals surface area contributed by atoms with E-state index in [1.807, 2.05) is 0 Å². The Balaban J connectivity index is 2.40. The third kappa shape index (κ3) is 3.76. The molecule has 1 N–H and O–H groups in total. The Hall–Kier alpha value is -0.0800. The van der Waals surface area contributed by atoms with E-state index in [1.165, 1.54) is 38.6 Å². The van der Waals surface area contributed by atoms with E-state index in [-0.39, 0.29) is 0 Å². The summed E-state index contributed by atoms with van der Waals surface area (Å²) >= 11 is 0. The first-order chi connectivity index (χ1) is 7.19. The van der Waals surface area contributed by atoms with Crippen LogP contribution in [-0.2, 0) is 0 Å². The summed E-state index contributed by atoms with van der Waals surface area (Å²) in [5.74, 6) is 0.864. The van der Waals surface area contributed by atoms with E-state index < -0.39 is 0 Å². The van der Waals surface area contributed by atoms with E-state index in [1.54, 1.807) is 0 Å². The van der Waals surface area contributed by atoms with Crippen molar-refractivity contribution >= 4 is 0 Å². The van der Waals surface area contributed by atoms with E-state index in [0.29, 0.717) is 0 Å². The number of nitrogens with one attached hydrogen (secondary N) is 1. The predicted octanol–water partition coefficient (Wildman–Crippen LogP) is 2.49. The van der Waals surface area contributed by atoms with Crippen LogP contribution in [0.3, 0.4) is 0 Å². The van der Waals surface area contributed by atoms with E-state index >= 15 is 0 Å². The average molecular weight is 212 g/mol. The zero-order valence-electron chi connectivity index (χ0n) is 10.9. The lowest BCUT2D eigenvalue weighted by molar-refractivity contribution is 0.162. The fourth-order valence-corrected chi connectivity index (χ4v) is 2.67. The Morgan fingerprint density at radius 2 is 2.00 bits per heavy atom. The molecule has 0 aromatic carbocycles. The van der Waals surface area contributed by atoms with Crippen molar-refractivity contribution in [2.24, 2.45) is 5.92 Å². The summed E-state index contributed by atoms with van der Waals surface area (Å²) in [7, 11) is 4.39. The Bertz CT molecular complexity index is 170. The summed E-state index contributed by atoms with van der Waals surface area (Å²) in [5, 5.41) is 3.49. The van der Waals surface area contributed by atoms with Crippen LogP contribution in [0.15, 0.2) is 0 Å². The molecule has 2 nitrogen and oxygen atoms in total. The van der Waals surface area contributed by atoms with Gasteiger partial charge >= 0.3 is 0 Å². The SMILES string of the molecule is CCC(C)N(C)CC1CCCCC1NC. The molecule has 0 amide bonds. The maximum atomic E-state index is 3.49. The molecular formula is C13H28N2. The summed E-state index contributed by atoms with van der Waals surface area (Å²) in [6, 6.07) is 1.48. The van der Waals surface area contributed by atoms with Crippen LogP contribution in [0.4, 0.5) is 0 Å². The first-order valence-electron chi connectivity index (χ1n) is 6.56. The summed E-state index contributed by atoms with van der Waals surface area (Å²) < 4.78 is 0. The first-order valence-corrected chi connectivity index (χ1v) is 6.56. The monoisotopic (exact) mass is 212 g/mol. The molecule has 3 atom stereocenters. The van der Waals surface area contributed by atoms with Crippen molar-refractivity contribution in [3.63, 3.8) is 0 Å². The van der Waals surface area contributed by atoms with Gasteiger partial charge in [0.2, 0.25) is 0 Å². The van der Waals surface area contributed by atoms with Crippen LogP contribution in [0.25, 0.3) is 0 Å². The second-order valence-electron chi connectivity index (χ2n) is 5.14. The van der Waals surface area contributed by atoms with Crippen molar-refractivity contribution in [2.75, 3.05) is 20.6 Å². The molecule has 0 spiro atoms. The molecule has 2 heteroatoms. The molecule has 0 saturated heterocycles. The third-order valence-corrected chi connectivity index (χ3v) is 4.15. The van der Waals surface area contributed by atoms with Gasteiger partial charge in [-0.05, 0) is 46.2 Å². The molecule has 1 saturated carbocycles. The van der Waals surface area contributed by atoms with Crippen LogP contribution in [0.2, 0.25) is 0 Å². The van der Waals surface area contributed by atoms with Gasteiger partial charge in [0, 0.05) is 18.6 Å². The number of hydrogen-bond acceptors (Lipinski definition) is 2. The van der Waals surface area contributed by atoms with Crippen molar-refractivity contribution < 1.29 is 0 Å². The van der Waals surface area contributed by atoms with Crippen LogP contribution in [-0.4, -0.2) is 37.6 Å². The lowest BCUT2D eigenvalue weighted by atomic mass is 9.84. The molecule has 0 radical (unpaired) electrons. The highest BCUT2D eigenvalue weighted by atomic mass is 15.1. The molecule has 0 bridgehead atoms. The number of rotatable bonds is 5.